The Morgan fingerprint density at radius 1 is 0.911 bits per heavy atom. The third kappa shape index (κ3) is 7.03. The van der Waals surface area contributed by atoms with E-state index in [1.807, 2.05) is 66.4 Å². The van der Waals surface area contributed by atoms with Gasteiger partial charge >= 0.3 is 6.03 Å². The van der Waals surface area contributed by atoms with E-state index in [1.54, 1.807) is 23.1 Å². The van der Waals surface area contributed by atoms with Gasteiger partial charge in [0.05, 0.1) is 16.9 Å². The lowest BCUT2D eigenvalue weighted by Gasteiger charge is -2.32. The van der Waals surface area contributed by atoms with Gasteiger partial charge in [-0.3, -0.25) is 15.1 Å². The molecule has 0 spiro atoms. The molecule has 1 aliphatic heterocycles. The highest BCUT2D eigenvalue weighted by Gasteiger charge is 2.25. The van der Waals surface area contributed by atoms with Gasteiger partial charge in [-0.1, -0.05) is 50.6 Å². The van der Waals surface area contributed by atoms with E-state index in [4.69, 9.17) is 5.10 Å². The van der Waals surface area contributed by atoms with Crippen molar-refractivity contribution >= 4 is 34.3 Å². The Bertz CT molecular complexity index is 1810. The van der Waals surface area contributed by atoms with Crippen LogP contribution in [0.25, 0.3) is 16.6 Å². The van der Waals surface area contributed by atoms with Crippen LogP contribution in [0.3, 0.4) is 0 Å². The summed E-state index contributed by atoms with van der Waals surface area (Å²) in [6.45, 7) is 9.78. The smallest absolute Gasteiger partial charge is 0.324 e. The van der Waals surface area contributed by atoms with E-state index >= 15 is 0 Å². The quantitative estimate of drug-likeness (QED) is 0.215. The third-order valence-electron chi connectivity index (χ3n) is 8.34. The van der Waals surface area contributed by atoms with Crippen LogP contribution in [0.15, 0.2) is 85.2 Å². The first-order valence-corrected chi connectivity index (χ1v) is 15.5. The minimum Gasteiger partial charge on any atom is -0.337 e. The fourth-order valence-corrected chi connectivity index (χ4v) is 5.64. The number of carbonyl (C=O) groups is 2. The van der Waals surface area contributed by atoms with Gasteiger partial charge in [0.2, 0.25) is 0 Å². The van der Waals surface area contributed by atoms with E-state index in [2.05, 4.69) is 53.5 Å². The van der Waals surface area contributed by atoms with E-state index < -0.39 is 0 Å². The predicted octanol–water partition coefficient (Wildman–Crippen LogP) is 7.16. The molecule has 3 aromatic heterocycles. The number of piperidine rings is 1. The third-order valence-corrected chi connectivity index (χ3v) is 8.34. The van der Waals surface area contributed by atoms with Crippen molar-refractivity contribution in [1.82, 2.24) is 24.6 Å². The van der Waals surface area contributed by atoms with Gasteiger partial charge in [0.1, 0.15) is 11.5 Å². The number of hydrogen-bond donors (Lipinski definition) is 2. The standard InChI is InChI=1S/C36H39N7O2/c1-24-5-12-29(13-6-24)43-33(22-32(41-43)36(2,3)4)40-35(45)38-28-10-7-25(8-11-28)21-26-16-19-42(20-17-26)34(44)31-14-9-27-23-37-18-15-30(27)39-31/h5-15,18,22-23,26H,16-17,19-21H2,1-4H3,(H2,38,40,45). The number of carbonyl (C=O) groups excluding carboxylic acids is 2. The molecule has 0 atom stereocenters. The highest BCUT2D eigenvalue weighted by atomic mass is 16.2. The van der Waals surface area contributed by atoms with Gasteiger partial charge in [0, 0.05) is 48.0 Å². The SMILES string of the molecule is Cc1ccc(-n2nc(C(C)(C)C)cc2NC(=O)Nc2ccc(CC3CCN(C(=O)c4ccc5cnccc5n4)CC3)cc2)cc1. The number of amides is 3. The highest BCUT2D eigenvalue weighted by Crippen LogP contribution is 2.27. The first-order chi connectivity index (χ1) is 21.6. The van der Waals surface area contributed by atoms with Gasteiger partial charge in [-0.25, -0.2) is 14.5 Å². The fraction of sp³-hybridized carbons (Fsp3) is 0.306. The average molecular weight is 602 g/mol. The number of aromatic nitrogens is 4. The number of likely N-dealkylation sites (tertiary alicyclic amines) is 1. The van der Waals surface area contributed by atoms with Gasteiger partial charge in [-0.15, -0.1) is 0 Å². The van der Waals surface area contributed by atoms with Gasteiger partial charge in [-0.05, 0) is 80.1 Å². The molecule has 6 rings (SSSR count). The molecule has 2 N–H and O–H groups in total. The lowest BCUT2D eigenvalue weighted by molar-refractivity contribution is 0.0685. The molecular formula is C36H39N7O2. The molecule has 0 saturated carbocycles. The molecule has 0 radical (unpaired) electrons. The van der Waals surface area contributed by atoms with Gasteiger partial charge in [-0.2, -0.15) is 5.10 Å². The van der Waals surface area contributed by atoms with Crippen molar-refractivity contribution in [3.05, 3.63) is 108 Å². The number of aryl methyl sites for hydroxylation is 1. The molecule has 4 heterocycles. The second-order valence-corrected chi connectivity index (χ2v) is 12.9. The van der Waals surface area contributed by atoms with Crippen LogP contribution in [0.1, 0.15) is 60.9 Å². The number of benzene rings is 2. The first-order valence-electron chi connectivity index (χ1n) is 15.5. The number of nitrogens with zero attached hydrogens (tertiary/aromatic N) is 5. The Morgan fingerprint density at radius 2 is 1.64 bits per heavy atom. The molecule has 3 amide bonds. The van der Waals surface area contributed by atoms with Crippen LogP contribution in [-0.2, 0) is 11.8 Å². The summed E-state index contributed by atoms with van der Waals surface area (Å²) in [6.07, 6.45) is 6.26. The molecule has 45 heavy (non-hydrogen) atoms. The minimum atomic E-state index is -0.328. The van der Waals surface area contributed by atoms with Gasteiger partial charge < -0.3 is 10.2 Å². The fourth-order valence-electron chi connectivity index (χ4n) is 5.64. The van der Waals surface area contributed by atoms with E-state index in [-0.39, 0.29) is 17.4 Å². The monoisotopic (exact) mass is 601 g/mol. The molecular weight excluding hydrogens is 562 g/mol. The van der Waals surface area contributed by atoms with Crippen molar-refractivity contribution in [3.63, 3.8) is 0 Å². The van der Waals surface area contributed by atoms with Crippen LogP contribution in [0, 0.1) is 12.8 Å². The van der Waals surface area contributed by atoms with Crippen molar-refractivity contribution in [3.8, 4) is 5.69 Å². The lowest BCUT2D eigenvalue weighted by Crippen LogP contribution is -2.39. The van der Waals surface area contributed by atoms with E-state index in [9.17, 15) is 9.59 Å². The van der Waals surface area contributed by atoms with E-state index in [0.717, 1.165) is 60.2 Å². The number of urea groups is 1. The molecule has 5 aromatic rings. The summed E-state index contributed by atoms with van der Waals surface area (Å²) in [6, 6.07) is 23.2. The number of hydrogen-bond acceptors (Lipinski definition) is 5. The molecule has 0 aliphatic carbocycles. The van der Waals surface area contributed by atoms with Crippen molar-refractivity contribution < 1.29 is 9.59 Å². The zero-order valence-electron chi connectivity index (χ0n) is 26.2. The summed E-state index contributed by atoms with van der Waals surface area (Å²) in [7, 11) is 0. The average Bonchev–Trinajstić information content (AvgIpc) is 3.46. The zero-order valence-corrected chi connectivity index (χ0v) is 26.2. The summed E-state index contributed by atoms with van der Waals surface area (Å²) in [5, 5.41) is 11.7. The lowest BCUT2D eigenvalue weighted by atomic mass is 9.90. The van der Waals surface area contributed by atoms with Crippen LogP contribution in [0.2, 0.25) is 0 Å². The van der Waals surface area contributed by atoms with Crippen LogP contribution in [0.5, 0.6) is 0 Å². The maximum atomic E-state index is 13.1. The Kier molecular flexibility index (Phi) is 8.34. The van der Waals surface area contributed by atoms with Crippen LogP contribution >= 0.6 is 0 Å². The summed E-state index contributed by atoms with van der Waals surface area (Å²) in [5.41, 5.74) is 5.95. The molecule has 1 saturated heterocycles. The Morgan fingerprint density at radius 3 is 2.36 bits per heavy atom. The molecule has 0 bridgehead atoms. The summed E-state index contributed by atoms with van der Waals surface area (Å²) < 4.78 is 1.78. The topological polar surface area (TPSA) is 105 Å². The van der Waals surface area contributed by atoms with Crippen LogP contribution in [0.4, 0.5) is 16.3 Å². The molecule has 2 aromatic carbocycles. The molecule has 1 aliphatic rings. The predicted molar refractivity (Wildman–Crippen MR) is 178 cm³/mol. The molecule has 230 valence electrons. The van der Waals surface area contributed by atoms with E-state index in [1.165, 1.54) is 5.56 Å². The first kappa shape index (κ1) is 30.0. The molecule has 9 heteroatoms. The number of fused-ring (bicyclic) bond motifs is 1. The Hall–Kier alpha value is -5.05. The Labute approximate surface area is 263 Å². The second kappa shape index (κ2) is 12.5. The zero-order chi connectivity index (χ0) is 31.6. The van der Waals surface area contributed by atoms with Crippen LogP contribution < -0.4 is 10.6 Å². The normalized spacial score (nSPS) is 14.0. The summed E-state index contributed by atoms with van der Waals surface area (Å²) >= 11 is 0. The minimum absolute atomic E-state index is 0.0163. The number of anilines is 2. The maximum absolute atomic E-state index is 13.1. The molecule has 0 unspecified atom stereocenters. The van der Waals surface area contributed by atoms with Gasteiger partial charge in [0.25, 0.3) is 5.91 Å². The molecule has 1 fully saturated rings. The Balaban J connectivity index is 1.03. The van der Waals surface area contributed by atoms with Crippen molar-refractivity contribution in [2.75, 3.05) is 23.7 Å². The second-order valence-electron chi connectivity index (χ2n) is 12.9. The number of pyridine rings is 2. The number of rotatable bonds is 6. The largest absolute Gasteiger partial charge is 0.337 e. The number of nitrogens with one attached hydrogen (secondary N) is 2. The summed E-state index contributed by atoms with van der Waals surface area (Å²) in [4.78, 5) is 36.7. The van der Waals surface area contributed by atoms with Crippen molar-refractivity contribution in [2.24, 2.45) is 5.92 Å². The van der Waals surface area contributed by atoms with E-state index in [0.29, 0.717) is 23.1 Å². The maximum Gasteiger partial charge on any atom is 0.324 e. The van der Waals surface area contributed by atoms with Gasteiger partial charge in [0.15, 0.2) is 0 Å². The van der Waals surface area contributed by atoms with Crippen molar-refractivity contribution in [1.29, 1.82) is 0 Å². The van der Waals surface area contributed by atoms with Crippen molar-refractivity contribution in [2.45, 2.75) is 52.4 Å². The molecule has 9 nitrogen and oxygen atoms in total. The summed E-state index contributed by atoms with van der Waals surface area (Å²) in [5.74, 6) is 1.08. The van der Waals surface area contributed by atoms with Crippen LogP contribution in [-0.4, -0.2) is 49.7 Å². The highest BCUT2D eigenvalue weighted by molar-refractivity contribution is 5.99.